The molecule has 11 heavy (non-hydrogen) atoms. The molecule has 1 rings (SSSR count). The summed E-state index contributed by atoms with van der Waals surface area (Å²) in [7, 11) is 0. The summed E-state index contributed by atoms with van der Waals surface area (Å²) in [5, 5.41) is 17.3. The van der Waals surface area contributed by atoms with Gasteiger partial charge in [-0.1, -0.05) is 0 Å². The van der Waals surface area contributed by atoms with E-state index in [9.17, 15) is 0 Å². The monoisotopic (exact) mass is 165 g/mol. The fraction of sp³-hybridized carbons (Fsp3) is 0.143. The molecule has 0 unspecified atom stereocenters. The molecule has 0 saturated carbocycles. The van der Waals surface area contributed by atoms with Gasteiger partial charge >= 0.3 is 0 Å². The topological polar surface area (TPSA) is 73.7 Å². The first-order chi connectivity index (χ1) is 5.22. The van der Waals surface area contributed by atoms with Gasteiger partial charge in [0.1, 0.15) is 10.9 Å². The zero-order chi connectivity index (χ0) is 8.27. The average molecular weight is 165 g/mol. The number of nitrogens with one attached hydrogen (secondary N) is 1. The van der Waals surface area contributed by atoms with E-state index in [2.05, 4.69) is 0 Å². The Labute approximate surface area is 68.6 Å². The minimum absolute atomic E-state index is 0.132. The minimum atomic E-state index is 0.132. The Hall–Kier alpha value is -1.34. The van der Waals surface area contributed by atoms with E-state index in [4.69, 9.17) is 16.4 Å². The Morgan fingerprint density at radius 2 is 2.55 bits per heavy atom. The van der Waals surface area contributed by atoms with E-state index < -0.39 is 0 Å². The summed E-state index contributed by atoms with van der Waals surface area (Å²) in [6.45, 7) is 0. The average Bonchev–Trinajstić information content (AvgIpc) is 2.34. The quantitative estimate of drug-likeness (QED) is 0.508. The van der Waals surface area contributed by atoms with E-state index >= 15 is 0 Å². The van der Waals surface area contributed by atoms with E-state index in [0.717, 1.165) is 5.56 Å². The van der Waals surface area contributed by atoms with Gasteiger partial charge in [0.05, 0.1) is 5.84 Å². The predicted molar refractivity (Wildman–Crippen MR) is 44.7 cm³/mol. The number of nitriles is 1. The summed E-state index contributed by atoms with van der Waals surface area (Å²) in [5.74, 6) is 0.132. The van der Waals surface area contributed by atoms with Crippen LogP contribution in [0.2, 0.25) is 0 Å². The van der Waals surface area contributed by atoms with Gasteiger partial charge in [-0.15, -0.1) is 11.3 Å². The number of thiophene rings is 1. The molecule has 1 aromatic rings. The highest BCUT2D eigenvalue weighted by atomic mass is 32.1. The lowest BCUT2D eigenvalue weighted by Crippen LogP contribution is -2.11. The van der Waals surface area contributed by atoms with Crippen LogP contribution in [0.25, 0.3) is 0 Å². The molecule has 0 amide bonds. The first-order valence-electron chi connectivity index (χ1n) is 3.03. The summed E-state index contributed by atoms with van der Waals surface area (Å²) < 4.78 is 0. The summed E-state index contributed by atoms with van der Waals surface area (Å²) >= 11 is 1.38. The van der Waals surface area contributed by atoms with Crippen molar-refractivity contribution in [2.75, 3.05) is 0 Å². The molecule has 0 aliphatic carbocycles. The highest BCUT2D eigenvalue weighted by Crippen LogP contribution is 2.13. The third-order valence-electron chi connectivity index (χ3n) is 1.16. The third kappa shape index (κ3) is 2.06. The molecular formula is C7H7N3S. The number of hydrogen-bond donors (Lipinski definition) is 2. The maximum absolute atomic E-state index is 8.46. The Morgan fingerprint density at radius 1 is 1.82 bits per heavy atom. The number of nitrogens with zero attached hydrogens (tertiary/aromatic N) is 1. The van der Waals surface area contributed by atoms with Crippen LogP contribution in [-0.4, -0.2) is 5.84 Å². The van der Waals surface area contributed by atoms with Crippen LogP contribution < -0.4 is 5.73 Å². The van der Waals surface area contributed by atoms with Gasteiger partial charge in [-0.05, 0) is 17.0 Å². The maximum atomic E-state index is 8.46. The van der Waals surface area contributed by atoms with Crippen LogP contribution in [0.4, 0.5) is 0 Å². The molecule has 56 valence electrons. The van der Waals surface area contributed by atoms with Gasteiger partial charge in [-0.25, -0.2) is 0 Å². The predicted octanol–water partition coefficient (Wildman–Crippen LogP) is 1.10. The lowest BCUT2D eigenvalue weighted by atomic mass is 10.2. The van der Waals surface area contributed by atoms with Gasteiger partial charge in [0.15, 0.2) is 0 Å². The fourth-order valence-corrected chi connectivity index (χ4v) is 1.45. The van der Waals surface area contributed by atoms with Gasteiger partial charge in [0, 0.05) is 6.42 Å². The highest BCUT2D eigenvalue weighted by molar-refractivity contribution is 7.10. The Morgan fingerprint density at radius 3 is 3.00 bits per heavy atom. The van der Waals surface area contributed by atoms with Crippen molar-refractivity contribution in [3.8, 4) is 6.07 Å². The standard InChI is InChI=1S/C7H7N3S/c8-3-6-1-5(4-11-6)2-7(9)10/h1,4H,2H2,(H3,9,10). The maximum Gasteiger partial charge on any atom is 0.110 e. The summed E-state index contributed by atoms with van der Waals surface area (Å²) in [5.41, 5.74) is 6.12. The van der Waals surface area contributed by atoms with E-state index in [0.29, 0.717) is 11.3 Å². The molecule has 0 aromatic carbocycles. The summed E-state index contributed by atoms with van der Waals surface area (Å²) in [4.78, 5) is 0.668. The van der Waals surface area contributed by atoms with Crippen molar-refractivity contribution in [1.82, 2.24) is 0 Å². The molecule has 3 nitrogen and oxygen atoms in total. The molecule has 0 radical (unpaired) electrons. The minimum Gasteiger partial charge on any atom is -0.387 e. The van der Waals surface area contributed by atoms with Crippen LogP contribution in [-0.2, 0) is 6.42 Å². The Kier molecular flexibility index (Phi) is 2.24. The number of hydrogen-bond acceptors (Lipinski definition) is 3. The smallest absolute Gasteiger partial charge is 0.110 e. The van der Waals surface area contributed by atoms with Crippen molar-refractivity contribution >= 4 is 17.2 Å². The third-order valence-corrected chi connectivity index (χ3v) is 2.04. The van der Waals surface area contributed by atoms with E-state index in [-0.39, 0.29) is 5.84 Å². The van der Waals surface area contributed by atoms with Crippen LogP contribution in [0.1, 0.15) is 10.4 Å². The van der Waals surface area contributed by atoms with Gasteiger partial charge in [0.25, 0.3) is 0 Å². The second kappa shape index (κ2) is 3.17. The van der Waals surface area contributed by atoms with Crippen LogP contribution in [0.15, 0.2) is 11.4 Å². The molecule has 4 heteroatoms. The van der Waals surface area contributed by atoms with Gasteiger partial charge in [-0.2, -0.15) is 5.26 Å². The van der Waals surface area contributed by atoms with E-state index in [1.807, 2.05) is 11.4 Å². The van der Waals surface area contributed by atoms with Crippen LogP contribution >= 0.6 is 11.3 Å². The first kappa shape index (κ1) is 7.76. The van der Waals surface area contributed by atoms with Crippen LogP contribution in [0, 0.1) is 16.7 Å². The summed E-state index contributed by atoms with van der Waals surface area (Å²) in [6.07, 6.45) is 0.443. The van der Waals surface area contributed by atoms with Crippen molar-refractivity contribution in [2.24, 2.45) is 5.73 Å². The molecule has 0 aliphatic rings. The normalized spacial score (nSPS) is 9.00. The number of rotatable bonds is 2. The van der Waals surface area contributed by atoms with Crippen LogP contribution in [0.5, 0.6) is 0 Å². The van der Waals surface area contributed by atoms with Crippen molar-refractivity contribution in [2.45, 2.75) is 6.42 Å². The van der Waals surface area contributed by atoms with E-state index in [1.165, 1.54) is 11.3 Å². The SMILES string of the molecule is N#Cc1cc(CC(=N)N)cs1. The van der Waals surface area contributed by atoms with Crippen molar-refractivity contribution in [1.29, 1.82) is 10.7 Å². The van der Waals surface area contributed by atoms with E-state index in [1.54, 1.807) is 6.07 Å². The number of nitrogens with two attached hydrogens (primary N) is 1. The van der Waals surface area contributed by atoms with Crippen molar-refractivity contribution < 1.29 is 0 Å². The first-order valence-corrected chi connectivity index (χ1v) is 3.90. The van der Waals surface area contributed by atoms with Gasteiger partial charge in [0.2, 0.25) is 0 Å². The largest absolute Gasteiger partial charge is 0.387 e. The highest BCUT2D eigenvalue weighted by Gasteiger charge is 1.99. The Bertz CT molecular complexity index is 308. The zero-order valence-electron chi connectivity index (χ0n) is 5.79. The zero-order valence-corrected chi connectivity index (χ0v) is 6.61. The van der Waals surface area contributed by atoms with Crippen molar-refractivity contribution in [3.63, 3.8) is 0 Å². The number of amidine groups is 1. The molecule has 1 aromatic heterocycles. The molecule has 1 heterocycles. The lowest BCUT2D eigenvalue weighted by molar-refractivity contribution is 1.26. The second-order valence-corrected chi connectivity index (χ2v) is 3.04. The molecule has 0 aliphatic heterocycles. The molecule has 3 N–H and O–H groups in total. The van der Waals surface area contributed by atoms with Crippen molar-refractivity contribution in [3.05, 3.63) is 21.9 Å². The van der Waals surface area contributed by atoms with Gasteiger partial charge < -0.3 is 5.73 Å². The molecule has 0 bridgehead atoms. The molecule has 0 saturated heterocycles. The second-order valence-electron chi connectivity index (χ2n) is 2.13. The van der Waals surface area contributed by atoms with Gasteiger partial charge in [-0.3, -0.25) is 5.41 Å². The molecule has 0 fully saturated rings. The van der Waals surface area contributed by atoms with Crippen LogP contribution in [0.3, 0.4) is 0 Å². The fourth-order valence-electron chi connectivity index (χ4n) is 0.747. The molecule has 0 spiro atoms. The lowest BCUT2D eigenvalue weighted by Gasteiger charge is -1.90. The molecular weight excluding hydrogens is 158 g/mol. The Balaban J connectivity index is 2.75. The molecule has 0 atom stereocenters. The summed E-state index contributed by atoms with van der Waals surface area (Å²) in [6, 6.07) is 3.78.